The van der Waals surface area contributed by atoms with Crippen LogP contribution in [-0.2, 0) is 11.3 Å². The van der Waals surface area contributed by atoms with Crippen LogP contribution in [0.3, 0.4) is 0 Å². The molecule has 2 atom stereocenters. The highest BCUT2D eigenvalue weighted by atomic mass is 16.6. The molecular weight excluding hydrogens is 212 g/mol. The summed E-state index contributed by atoms with van der Waals surface area (Å²) in [6, 6.07) is 10.7. The molecule has 88 valence electrons. The highest BCUT2D eigenvalue weighted by Crippen LogP contribution is 2.29. The van der Waals surface area contributed by atoms with Gasteiger partial charge < -0.3 is 4.74 Å². The third kappa shape index (κ3) is 2.19. The lowest BCUT2D eigenvalue weighted by atomic mass is 10.1. The van der Waals surface area contributed by atoms with Crippen molar-refractivity contribution in [3.05, 3.63) is 35.4 Å². The second-order valence-electron chi connectivity index (χ2n) is 4.82. The summed E-state index contributed by atoms with van der Waals surface area (Å²) < 4.78 is 5.41. The van der Waals surface area contributed by atoms with E-state index in [1.165, 1.54) is 12.8 Å². The summed E-state index contributed by atoms with van der Waals surface area (Å²) in [5, 5.41) is 9.09. The van der Waals surface area contributed by atoms with Crippen LogP contribution in [0.1, 0.15) is 24.0 Å². The minimum atomic E-state index is 0.451. The Morgan fingerprint density at radius 3 is 3.00 bits per heavy atom. The second-order valence-corrected chi connectivity index (χ2v) is 4.82. The van der Waals surface area contributed by atoms with Crippen LogP contribution in [0.5, 0.6) is 0 Å². The fourth-order valence-corrected chi connectivity index (χ4v) is 2.73. The first-order chi connectivity index (χ1) is 8.38. The molecule has 2 aliphatic heterocycles. The summed E-state index contributed by atoms with van der Waals surface area (Å²) in [5.41, 5.74) is 1.94. The number of benzene rings is 1. The van der Waals surface area contributed by atoms with E-state index in [4.69, 9.17) is 10.00 Å². The predicted molar refractivity (Wildman–Crippen MR) is 64.3 cm³/mol. The quantitative estimate of drug-likeness (QED) is 0.742. The number of likely N-dealkylation sites (tertiary alicyclic amines) is 1. The molecule has 0 radical (unpaired) electrons. The number of nitrogens with zero attached hydrogens (tertiary/aromatic N) is 2. The smallest absolute Gasteiger partial charge is 0.0995 e. The topological polar surface area (TPSA) is 39.6 Å². The molecule has 0 aromatic heterocycles. The van der Waals surface area contributed by atoms with Gasteiger partial charge in [0, 0.05) is 12.6 Å². The Kier molecular flexibility index (Phi) is 2.84. The van der Waals surface area contributed by atoms with Gasteiger partial charge in [0.25, 0.3) is 0 Å². The van der Waals surface area contributed by atoms with Crippen molar-refractivity contribution in [2.24, 2.45) is 0 Å². The van der Waals surface area contributed by atoms with E-state index in [-0.39, 0.29) is 0 Å². The van der Waals surface area contributed by atoms with E-state index in [2.05, 4.69) is 17.0 Å². The Balaban J connectivity index is 1.75. The van der Waals surface area contributed by atoms with E-state index >= 15 is 0 Å². The zero-order valence-corrected chi connectivity index (χ0v) is 9.80. The van der Waals surface area contributed by atoms with Gasteiger partial charge in [0.1, 0.15) is 0 Å². The SMILES string of the molecule is N#Cc1ccccc1CN1CCCC1C1CO1. The number of hydrogen-bond acceptors (Lipinski definition) is 3. The Morgan fingerprint density at radius 1 is 1.41 bits per heavy atom. The molecule has 0 bridgehead atoms. The maximum Gasteiger partial charge on any atom is 0.0995 e. The average Bonchev–Trinajstić information content (AvgIpc) is 3.11. The number of ether oxygens (including phenoxy) is 1. The van der Waals surface area contributed by atoms with E-state index in [9.17, 15) is 0 Å². The average molecular weight is 228 g/mol. The normalized spacial score (nSPS) is 27.9. The number of hydrogen-bond donors (Lipinski definition) is 0. The molecule has 17 heavy (non-hydrogen) atoms. The Hall–Kier alpha value is -1.37. The van der Waals surface area contributed by atoms with Gasteiger partial charge in [-0.3, -0.25) is 4.90 Å². The second kappa shape index (κ2) is 4.48. The van der Waals surface area contributed by atoms with Crippen molar-refractivity contribution in [3.63, 3.8) is 0 Å². The van der Waals surface area contributed by atoms with Crippen LogP contribution >= 0.6 is 0 Å². The maximum atomic E-state index is 9.09. The van der Waals surface area contributed by atoms with Crippen molar-refractivity contribution < 1.29 is 4.74 Å². The van der Waals surface area contributed by atoms with Gasteiger partial charge in [0.05, 0.1) is 24.3 Å². The summed E-state index contributed by atoms with van der Waals surface area (Å²) in [4.78, 5) is 2.47. The summed E-state index contributed by atoms with van der Waals surface area (Å²) in [6.07, 6.45) is 2.94. The lowest BCUT2D eigenvalue weighted by molar-refractivity contribution is 0.201. The molecule has 2 heterocycles. The van der Waals surface area contributed by atoms with Gasteiger partial charge in [-0.15, -0.1) is 0 Å². The van der Waals surface area contributed by atoms with Gasteiger partial charge in [-0.25, -0.2) is 0 Å². The highest BCUT2D eigenvalue weighted by Gasteiger charge is 2.39. The molecule has 3 rings (SSSR count). The van der Waals surface area contributed by atoms with Gasteiger partial charge in [0.2, 0.25) is 0 Å². The van der Waals surface area contributed by atoms with Crippen LogP contribution in [0, 0.1) is 11.3 Å². The van der Waals surface area contributed by atoms with Crippen LogP contribution in [0.15, 0.2) is 24.3 Å². The van der Waals surface area contributed by atoms with Crippen molar-refractivity contribution in [3.8, 4) is 6.07 Å². The van der Waals surface area contributed by atoms with Gasteiger partial charge in [-0.2, -0.15) is 5.26 Å². The molecule has 1 aromatic rings. The molecule has 3 nitrogen and oxygen atoms in total. The van der Waals surface area contributed by atoms with Crippen LogP contribution in [0.4, 0.5) is 0 Å². The van der Waals surface area contributed by atoms with Gasteiger partial charge in [-0.1, -0.05) is 18.2 Å². The van der Waals surface area contributed by atoms with Crippen molar-refractivity contribution in [2.45, 2.75) is 31.5 Å². The first-order valence-corrected chi connectivity index (χ1v) is 6.22. The minimum Gasteiger partial charge on any atom is -0.371 e. The third-order valence-electron chi connectivity index (χ3n) is 3.71. The molecule has 0 spiro atoms. The molecule has 0 amide bonds. The summed E-state index contributed by atoms with van der Waals surface area (Å²) in [7, 11) is 0. The number of epoxide rings is 1. The molecule has 0 saturated carbocycles. The number of nitriles is 1. The lowest BCUT2D eigenvalue weighted by Crippen LogP contribution is -2.33. The van der Waals surface area contributed by atoms with E-state index < -0.39 is 0 Å². The first kappa shape index (κ1) is 10.8. The van der Waals surface area contributed by atoms with Crippen LogP contribution in [0.2, 0.25) is 0 Å². The molecule has 2 unspecified atom stereocenters. The molecule has 2 aliphatic rings. The van der Waals surface area contributed by atoms with Crippen molar-refractivity contribution in [1.29, 1.82) is 5.26 Å². The molecule has 2 fully saturated rings. The summed E-state index contributed by atoms with van der Waals surface area (Å²) in [5.74, 6) is 0. The van der Waals surface area contributed by atoms with E-state index in [0.717, 1.165) is 30.8 Å². The van der Waals surface area contributed by atoms with Gasteiger partial charge in [0.15, 0.2) is 0 Å². The van der Waals surface area contributed by atoms with Crippen molar-refractivity contribution in [2.75, 3.05) is 13.2 Å². The van der Waals surface area contributed by atoms with E-state index in [1.54, 1.807) is 0 Å². The fourth-order valence-electron chi connectivity index (χ4n) is 2.73. The van der Waals surface area contributed by atoms with Crippen LogP contribution in [-0.4, -0.2) is 30.2 Å². The molecule has 1 aromatic carbocycles. The maximum absolute atomic E-state index is 9.09. The monoisotopic (exact) mass is 228 g/mol. The Morgan fingerprint density at radius 2 is 2.24 bits per heavy atom. The number of rotatable bonds is 3. The van der Waals surface area contributed by atoms with Crippen LogP contribution < -0.4 is 0 Å². The summed E-state index contributed by atoms with van der Waals surface area (Å²) >= 11 is 0. The standard InChI is InChI=1S/C14H16N2O/c15-8-11-4-1-2-5-12(11)9-16-7-3-6-13(16)14-10-17-14/h1-2,4-5,13-14H,3,6-7,9-10H2. The molecule has 2 saturated heterocycles. The molecule has 3 heteroatoms. The van der Waals surface area contributed by atoms with Gasteiger partial charge in [-0.05, 0) is 31.0 Å². The predicted octanol–water partition coefficient (Wildman–Crippen LogP) is 1.92. The van der Waals surface area contributed by atoms with Crippen LogP contribution in [0.25, 0.3) is 0 Å². The minimum absolute atomic E-state index is 0.451. The largest absolute Gasteiger partial charge is 0.371 e. The molecule has 0 N–H and O–H groups in total. The highest BCUT2D eigenvalue weighted by molar-refractivity contribution is 5.37. The fraction of sp³-hybridized carbons (Fsp3) is 0.500. The Bertz CT molecular complexity index is 448. The molecule has 0 aliphatic carbocycles. The van der Waals surface area contributed by atoms with Crippen molar-refractivity contribution in [1.82, 2.24) is 4.90 Å². The third-order valence-corrected chi connectivity index (χ3v) is 3.71. The molecular formula is C14H16N2O. The zero-order valence-electron chi connectivity index (χ0n) is 9.80. The van der Waals surface area contributed by atoms with Crippen molar-refractivity contribution >= 4 is 0 Å². The Labute approximate surface area is 102 Å². The first-order valence-electron chi connectivity index (χ1n) is 6.22. The lowest BCUT2D eigenvalue weighted by Gasteiger charge is -2.23. The van der Waals surface area contributed by atoms with E-state index in [1.807, 2.05) is 18.2 Å². The summed E-state index contributed by atoms with van der Waals surface area (Å²) in [6.45, 7) is 2.93. The zero-order chi connectivity index (χ0) is 11.7. The van der Waals surface area contributed by atoms with E-state index in [0.29, 0.717) is 12.1 Å². The van der Waals surface area contributed by atoms with Gasteiger partial charge >= 0.3 is 0 Å².